The third-order valence-electron chi connectivity index (χ3n) is 2.52. The van der Waals surface area contributed by atoms with Crippen LogP contribution in [0.25, 0.3) is 0 Å². The maximum Gasteiger partial charge on any atom is 0.131 e. The summed E-state index contributed by atoms with van der Waals surface area (Å²) in [6, 6.07) is 3.36. The van der Waals surface area contributed by atoms with E-state index in [0.717, 1.165) is 16.1 Å². The lowest BCUT2D eigenvalue weighted by Crippen LogP contribution is -2.18. The number of hydrogen-bond acceptors (Lipinski definition) is 2. The molecule has 1 N–H and O–H groups in total. The molecule has 0 saturated carbocycles. The van der Waals surface area contributed by atoms with Crippen LogP contribution < -0.4 is 5.32 Å². The average Bonchev–Trinajstić information content (AvgIpc) is 2.69. The third kappa shape index (κ3) is 2.56. The van der Waals surface area contributed by atoms with Crippen LogP contribution >= 0.6 is 27.3 Å². The predicted octanol–water partition coefficient (Wildman–Crippen LogP) is 4.10. The van der Waals surface area contributed by atoms with Crippen molar-refractivity contribution in [2.75, 3.05) is 7.05 Å². The first-order valence-electron chi connectivity index (χ1n) is 4.97. The molecular formula is C12H10BrF2NS. The Hall–Kier alpha value is -0.780. The molecule has 0 aliphatic rings. The minimum atomic E-state index is -0.564. The monoisotopic (exact) mass is 317 g/mol. The van der Waals surface area contributed by atoms with Crippen LogP contribution in [0.1, 0.15) is 17.2 Å². The number of hydrogen-bond donors (Lipinski definition) is 1. The fraction of sp³-hybridized carbons (Fsp3) is 0.167. The Balaban J connectivity index is 2.46. The van der Waals surface area contributed by atoms with Crippen LogP contribution in [0, 0.1) is 11.6 Å². The molecule has 0 fully saturated rings. The van der Waals surface area contributed by atoms with Crippen molar-refractivity contribution in [1.29, 1.82) is 0 Å². The molecule has 2 aromatic rings. The van der Waals surface area contributed by atoms with E-state index in [1.807, 2.05) is 10.8 Å². The van der Waals surface area contributed by atoms with Crippen molar-refractivity contribution >= 4 is 27.3 Å². The summed E-state index contributed by atoms with van der Waals surface area (Å²) < 4.78 is 27.5. The molecule has 2 rings (SSSR count). The average molecular weight is 318 g/mol. The van der Waals surface area contributed by atoms with E-state index in [2.05, 4.69) is 21.2 Å². The van der Waals surface area contributed by atoms with Crippen LogP contribution in [0.2, 0.25) is 0 Å². The molecule has 1 nitrogen and oxygen atoms in total. The summed E-state index contributed by atoms with van der Waals surface area (Å²) in [6.07, 6.45) is 0. The molecule has 0 bridgehead atoms. The van der Waals surface area contributed by atoms with Gasteiger partial charge in [-0.25, -0.2) is 8.78 Å². The highest BCUT2D eigenvalue weighted by Gasteiger charge is 2.19. The lowest BCUT2D eigenvalue weighted by Gasteiger charge is -2.17. The zero-order chi connectivity index (χ0) is 12.4. The van der Waals surface area contributed by atoms with Gasteiger partial charge in [0.15, 0.2) is 0 Å². The molecule has 1 aromatic carbocycles. The van der Waals surface area contributed by atoms with Gasteiger partial charge in [0.2, 0.25) is 0 Å². The van der Waals surface area contributed by atoms with Crippen molar-refractivity contribution in [3.05, 3.63) is 56.2 Å². The lowest BCUT2D eigenvalue weighted by molar-refractivity contribution is 0.551. The van der Waals surface area contributed by atoms with Gasteiger partial charge in [-0.3, -0.25) is 0 Å². The van der Waals surface area contributed by atoms with Crippen molar-refractivity contribution in [2.45, 2.75) is 6.04 Å². The minimum Gasteiger partial charge on any atom is -0.309 e. The topological polar surface area (TPSA) is 12.0 Å². The first-order valence-corrected chi connectivity index (χ1v) is 6.71. The van der Waals surface area contributed by atoms with E-state index in [4.69, 9.17) is 0 Å². The van der Waals surface area contributed by atoms with Gasteiger partial charge >= 0.3 is 0 Å². The summed E-state index contributed by atoms with van der Waals surface area (Å²) in [4.78, 5) is 0. The van der Waals surface area contributed by atoms with E-state index in [9.17, 15) is 8.78 Å². The molecule has 90 valence electrons. The Bertz CT molecular complexity index is 527. The molecule has 1 atom stereocenters. The first kappa shape index (κ1) is 12.7. The normalized spacial score (nSPS) is 12.7. The second-order valence-corrected chi connectivity index (χ2v) is 5.16. The van der Waals surface area contributed by atoms with E-state index >= 15 is 0 Å². The smallest absolute Gasteiger partial charge is 0.131 e. The molecule has 0 spiro atoms. The van der Waals surface area contributed by atoms with Gasteiger partial charge < -0.3 is 5.32 Å². The van der Waals surface area contributed by atoms with Crippen molar-refractivity contribution in [1.82, 2.24) is 5.32 Å². The van der Waals surface area contributed by atoms with Crippen molar-refractivity contribution in [2.24, 2.45) is 0 Å². The Labute approximate surface area is 111 Å². The Kier molecular flexibility index (Phi) is 3.91. The number of benzene rings is 1. The van der Waals surface area contributed by atoms with Gasteiger partial charge in [0.05, 0.1) is 6.04 Å². The number of rotatable bonds is 3. The van der Waals surface area contributed by atoms with Crippen LogP contribution in [0.4, 0.5) is 8.78 Å². The summed E-state index contributed by atoms with van der Waals surface area (Å²) >= 11 is 4.95. The van der Waals surface area contributed by atoms with E-state index in [0.29, 0.717) is 5.56 Å². The van der Waals surface area contributed by atoms with Crippen LogP contribution in [-0.2, 0) is 0 Å². The summed E-state index contributed by atoms with van der Waals surface area (Å²) in [5, 5.41) is 6.91. The standard InChI is InChI=1S/C12H10BrF2NS/c1-16-12(9-5-17-6-10(9)13)8-3-2-7(14)4-11(8)15/h2-6,12,16H,1H3. The summed E-state index contributed by atoms with van der Waals surface area (Å²) in [5.41, 5.74) is 1.39. The second kappa shape index (κ2) is 5.25. The SMILES string of the molecule is CNC(c1ccc(F)cc1F)c1cscc1Br. The quantitative estimate of drug-likeness (QED) is 0.898. The van der Waals surface area contributed by atoms with E-state index in [1.165, 1.54) is 23.5 Å². The summed E-state index contributed by atoms with van der Waals surface area (Å²) in [6.45, 7) is 0. The molecule has 1 aromatic heterocycles. The number of nitrogens with one attached hydrogen (secondary N) is 1. The van der Waals surface area contributed by atoms with Gasteiger partial charge in [-0.1, -0.05) is 6.07 Å². The molecule has 0 saturated heterocycles. The fourth-order valence-electron chi connectivity index (χ4n) is 1.71. The van der Waals surface area contributed by atoms with Gasteiger partial charge in [0, 0.05) is 21.5 Å². The van der Waals surface area contributed by atoms with Crippen LogP contribution in [0.15, 0.2) is 33.4 Å². The molecule has 5 heteroatoms. The van der Waals surface area contributed by atoms with Gasteiger partial charge in [-0.2, -0.15) is 11.3 Å². The zero-order valence-corrected chi connectivity index (χ0v) is 11.4. The second-order valence-electron chi connectivity index (χ2n) is 3.56. The Morgan fingerprint density at radius 1 is 1.24 bits per heavy atom. The molecule has 0 amide bonds. The maximum atomic E-state index is 13.7. The van der Waals surface area contributed by atoms with Gasteiger partial charge in [-0.15, -0.1) is 0 Å². The largest absolute Gasteiger partial charge is 0.309 e. The van der Waals surface area contributed by atoms with E-state index in [1.54, 1.807) is 7.05 Å². The van der Waals surface area contributed by atoms with E-state index < -0.39 is 11.6 Å². The van der Waals surface area contributed by atoms with Crippen LogP contribution in [-0.4, -0.2) is 7.05 Å². The van der Waals surface area contributed by atoms with Crippen molar-refractivity contribution < 1.29 is 8.78 Å². The minimum absolute atomic E-state index is 0.281. The highest BCUT2D eigenvalue weighted by molar-refractivity contribution is 9.10. The Morgan fingerprint density at radius 3 is 2.53 bits per heavy atom. The molecule has 1 unspecified atom stereocenters. The van der Waals surface area contributed by atoms with Gasteiger partial charge in [0.25, 0.3) is 0 Å². The van der Waals surface area contributed by atoms with Gasteiger partial charge in [0.1, 0.15) is 11.6 Å². The highest BCUT2D eigenvalue weighted by atomic mass is 79.9. The highest BCUT2D eigenvalue weighted by Crippen LogP contribution is 2.32. The van der Waals surface area contributed by atoms with Crippen molar-refractivity contribution in [3.8, 4) is 0 Å². The summed E-state index contributed by atoms with van der Waals surface area (Å²) in [7, 11) is 1.75. The molecule has 1 heterocycles. The maximum absolute atomic E-state index is 13.7. The molecule has 0 radical (unpaired) electrons. The third-order valence-corrected chi connectivity index (χ3v) is 4.27. The molecule has 17 heavy (non-hydrogen) atoms. The van der Waals surface area contributed by atoms with E-state index in [-0.39, 0.29) is 6.04 Å². The predicted molar refractivity (Wildman–Crippen MR) is 69.3 cm³/mol. The zero-order valence-electron chi connectivity index (χ0n) is 9.01. The van der Waals surface area contributed by atoms with Crippen LogP contribution in [0.5, 0.6) is 0 Å². The Morgan fingerprint density at radius 2 is 2.00 bits per heavy atom. The van der Waals surface area contributed by atoms with Crippen molar-refractivity contribution in [3.63, 3.8) is 0 Å². The summed E-state index contributed by atoms with van der Waals surface area (Å²) in [5.74, 6) is -1.10. The molecule has 0 aliphatic carbocycles. The lowest BCUT2D eigenvalue weighted by atomic mass is 10.0. The fourth-order valence-corrected chi connectivity index (χ4v) is 3.26. The van der Waals surface area contributed by atoms with Crippen LogP contribution in [0.3, 0.4) is 0 Å². The number of thiophene rings is 1. The molecular weight excluding hydrogens is 308 g/mol. The van der Waals surface area contributed by atoms with Gasteiger partial charge in [-0.05, 0) is 40.0 Å². The number of halogens is 3. The first-order chi connectivity index (χ1) is 8.13. The molecule has 0 aliphatic heterocycles.